The lowest BCUT2D eigenvalue weighted by atomic mass is 9.92. The standard InChI is InChI=1S/C23H24FN3O2/c1-4-16(13-15(3)24)9-11-21-19(23(25)29)10-12-20(27-21)17-7-6-8-18(14-17)26-22(28)5-2/h4-5,7,9-13,18H,1-3,6,8,14H2,(H2,25,29)(H,26,28). The molecule has 29 heavy (non-hydrogen) atoms. The SMILES string of the molecule is C=CC(=O)NC1CCC=C(c2ccc(C(N)=O)c(C=CC(C=C)=CC(=C)F)n2)C1. The highest BCUT2D eigenvalue weighted by molar-refractivity contribution is 5.96. The van der Waals surface area contributed by atoms with Crippen molar-refractivity contribution in [2.24, 2.45) is 5.73 Å². The van der Waals surface area contributed by atoms with Crippen molar-refractivity contribution in [1.29, 1.82) is 0 Å². The molecule has 1 aromatic heterocycles. The van der Waals surface area contributed by atoms with Crippen molar-refractivity contribution in [2.45, 2.75) is 25.3 Å². The zero-order valence-corrected chi connectivity index (χ0v) is 16.2. The summed E-state index contributed by atoms with van der Waals surface area (Å²) in [4.78, 5) is 27.9. The van der Waals surface area contributed by atoms with Gasteiger partial charge in [-0.2, -0.15) is 0 Å². The first-order valence-corrected chi connectivity index (χ1v) is 9.13. The fourth-order valence-electron chi connectivity index (χ4n) is 3.02. The second kappa shape index (κ2) is 10.1. The summed E-state index contributed by atoms with van der Waals surface area (Å²) in [6, 6.07) is 3.33. The molecule has 1 heterocycles. The monoisotopic (exact) mass is 393 g/mol. The lowest BCUT2D eigenvalue weighted by Gasteiger charge is -2.23. The van der Waals surface area contributed by atoms with Crippen molar-refractivity contribution < 1.29 is 14.0 Å². The number of nitrogens with two attached hydrogens (primary N) is 1. The first kappa shape index (κ1) is 21.8. The number of primary amides is 1. The molecule has 0 saturated carbocycles. The molecule has 1 aliphatic carbocycles. The summed E-state index contributed by atoms with van der Waals surface area (Å²) in [5.41, 5.74) is 8.21. The van der Waals surface area contributed by atoms with Gasteiger partial charge in [-0.25, -0.2) is 9.37 Å². The highest BCUT2D eigenvalue weighted by Gasteiger charge is 2.19. The molecule has 1 aliphatic rings. The van der Waals surface area contributed by atoms with E-state index in [4.69, 9.17) is 5.73 Å². The van der Waals surface area contributed by atoms with E-state index in [-0.39, 0.29) is 17.5 Å². The molecule has 0 saturated heterocycles. The van der Waals surface area contributed by atoms with E-state index < -0.39 is 11.7 Å². The lowest BCUT2D eigenvalue weighted by molar-refractivity contribution is -0.117. The molecular weight excluding hydrogens is 369 g/mol. The summed E-state index contributed by atoms with van der Waals surface area (Å²) in [5, 5.41) is 2.90. The topological polar surface area (TPSA) is 85.1 Å². The summed E-state index contributed by atoms with van der Waals surface area (Å²) >= 11 is 0. The summed E-state index contributed by atoms with van der Waals surface area (Å²) in [5.74, 6) is -1.44. The van der Waals surface area contributed by atoms with Gasteiger partial charge < -0.3 is 11.1 Å². The van der Waals surface area contributed by atoms with Gasteiger partial charge in [0.25, 0.3) is 5.91 Å². The number of nitrogens with one attached hydrogen (secondary N) is 1. The van der Waals surface area contributed by atoms with Crippen LogP contribution in [0.3, 0.4) is 0 Å². The van der Waals surface area contributed by atoms with Gasteiger partial charge in [-0.05, 0) is 60.8 Å². The molecule has 0 spiro atoms. The Morgan fingerprint density at radius 3 is 2.66 bits per heavy atom. The Kier molecular flexibility index (Phi) is 7.60. The van der Waals surface area contributed by atoms with E-state index in [1.54, 1.807) is 24.3 Å². The molecule has 1 atom stereocenters. The molecule has 5 nitrogen and oxygen atoms in total. The maximum atomic E-state index is 13.0. The van der Waals surface area contributed by atoms with Crippen LogP contribution in [0.5, 0.6) is 0 Å². The number of pyridine rings is 1. The maximum Gasteiger partial charge on any atom is 0.250 e. The van der Waals surface area contributed by atoms with Crippen LogP contribution in [0.25, 0.3) is 11.6 Å². The summed E-state index contributed by atoms with van der Waals surface area (Å²) < 4.78 is 13.0. The largest absolute Gasteiger partial charge is 0.366 e. The third-order valence-corrected chi connectivity index (χ3v) is 4.42. The van der Waals surface area contributed by atoms with E-state index in [1.807, 2.05) is 0 Å². The number of aromatic nitrogens is 1. The van der Waals surface area contributed by atoms with Crippen LogP contribution in [0.1, 0.15) is 41.0 Å². The number of allylic oxidation sites excluding steroid dienone is 6. The molecule has 0 fully saturated rings. The van der Waals surface area contributed by atoms with E-state index in [0.29, 0.717) is 23.4 Å². The Morgan fingerprint density at radius 1 is 1.28 bits per heavy atom. The van der Waals surface area contributed by atoms with Gasteiger partial charge in [0.2, 0.25) is 5.91 Å². The molecule has 6 heteroatoms. The fraction of sp³-hybridized carbons (Fsp3) is 0.174. The normalized spacial score (nSPS) is 16.8. The molecular formula is C23H24FN3O2. The van der Waals surface area contributed by atoms with Crippen molar-refractivity contribution in [3.63, 3.8) is 0 Å². The van der Waals surface area contributed by atoms with Gasteiger partial charge in [0.15, 0.2) is 0 Å². The van der Waals surface area contributed by atoms with E-state index in [9.17, 15) is 14.0 Å². The number of rotatable bonds is 8. The molecule has 0 aliphatic heterocycles. The Balaban J connectivity index is 2.35. The smallest absolute Gasteiger partial charge is 0.250 e. The van der Waals surface area contributed by atoms with E-state index in [2.05, 4.69) is 36.1 Å². The third-order valence-electron chi connectivity index (χ3n) is 4.42. The van der Waals surface area contributed by atoms with Crippen molar-refractivity contribution in [1.82, 2.24) is 10.3 Å². The highest BCUT2D eigenvalue weighted by Crippen LogP contribution is 2.27. The third kappa shape index (κ3) is 6.24. The van der Waals surface area contributed by atoms with Crippen LogP contribution in [0.2, 0.25) is 0 Å². The minimum atomic E-state index is -0.614. The molecule has 2 amide bonds. The van der Waals surface area contributed by atoms with Gasteiger partial charge in [-0.1, -0.05) is 38.0 Å². The average Bonchev–Trinajstić information content (AvgIpc) is 2.70. The molecule has 0 bridgehead atoms. The molecule has 1 aromatic rings. The van der Waals surface area contributed by atoms with Crippen LogP contribution in [0.15, 0.2) is 73.6 Å². The predicted octanol–water partition coefficient (Wildman–Crippen LogP) is 4.03. The second-order valence-electron chi connectivity index (χ2n) is 6.54. The number of nitrogens with zero attached hydrogens (tertiary/aromatic N) is 1. The minimum Gasteiger partial charge on any atom is -0.366 e. The first-order valence-electron chi connectivity index (χ1n) is 9.13. The van der Waals surface area contributed by atoms with Gasteiger partial charge in [-0.15, -0.1) is 0 Å². The summed E-state index contributed by atoms with van der Waals surface area (Å²) in [7, 11) is 0. The van der Waals surface area contributed by atoms with Gasteiger partial charge >= 0.3 is 0 Å². The van der Waals surface area contributed by atoms with Crippen molar-refractivity contribution in [3.05, 3.63) is 90.6 Å². The minimum absolute atomic E-state index is 0.0111. The quantitative estimate of drug-likeness (QED) is 0.517. The molecule has 1 unspecified atom stereocenters. The first-order chi connectivity index (χ1) is 13.8. The summed E-state index contributed by atoms with van der Waals surface area (Å²) in [6.07, 6.45) is 11.4. The highest BCUT2D eigenvalue weighted by atomic mass is 19.1. The average molecular weight is 393 g/mol. The van der Waals surface area contributed by atoms with Crippen LogP contribution < -0.4 is 11.1 Å². The van der Waals surface area contributed by atoms with Gasteiger partial charge in [0, 0.05) is 6.04 Å². The number of halogens is 1. The van der Waals surface area contributed by atoms with Crippen LogP contribution in [0, 0.1) is 0 Å². The number of carbonyl (C=O) groups excluding carboxylic acids is 2. The number of amides is 2. The summed E-state index contributed by atoms with van der Waals surface area (Å²) in [6.45, 7) is 10.3. The van der Waals surface area contributed by atoms with Crippen LogP contribution in [-0.4, -0.2) is 22.8 Å². The zero-order chi connectivity index (χ0) is 21.4. The van der Waals surface area contributed by atoms with Gasteiger partial charge in [-0.3, -0.25) is 9.59 Å². The van der Waals surface area contributed by atoms with Crippen LogP contribution in [-0.2, 0) is 4.79 Å². The van der Waals surface area contributed by atoms with Gasteiger partial charge in [0.1, 0.15) is 5.83 Å². The Labute approximate surface area is 169 Å². The molecule has 0 radical (unpaired) electrons. The number of hydrogen-bond acceptors (Lipinski definition) is 3. The molecule has 3 N–H and O–H groups in total. The fourth-order valence-corrected chi connectivity index (χ4v) is 3.02. The van der Waals surface area contributed by atoms with Gasteiger partial charge in [0.05, 0.1) is 17.0 Å². The Morgan fingerprint density at radius 2 is 2.03 bits per heavy atom. The lowest BCUT2D eigenvalue weighted by Crippen LogP contribution is -2.34. The van der Waals surface area contributed by atoms with Crippen molar-refractivity contribution >= 4 is 23.5 Å². The Hall–Kier alpha value is -3.54. The van der Waals surface area contributed by atoms with Crippen molar-refractivity contribution in [3.8, 4) is 0 Å². The predicted molar refractivity (Wildman–Crippen MR) is 114 cm³/mol. The second-order valence-corrected chi connectivity index (χ2v) is 6.54. The zero-order valence-electron chi connectivity index (χ0n) is 16.2. The van der Waals surface area contributed by atoms with E-state index in [1.165, 1.54) is 18.2 Å². The molecule has 0 aromatic carbocycles. The number of hydrogen-bond donors (Lipinski definition) is 2. The van der Waals surface area contributed by atoms with E-state index >= 15 is 0 Å². The van der Waals surface area contributed by atoms with Crippen LogP contribution in [0.4, 0.5) is 4.39 Å². The van der Waals surface area contributed by atoms with E-state index in [0.717, 1.165) is 18.4 Å². The van der Waals surface area contributed by atoms with Crippen LogP contribution >= 0.6 is 0 Å². The van der Waals surface area contributed by atoms with Crippen molar-refractivity contribution in [2.75, 3.05) is 0 Å². The molecule has 150 valence electrons. The molecule has 2 rings (SSSR count). The number of carbonyl (C=O) groups is 2. The Bertz CT molecular complexity index is 941. The maximum absolute atomic E-state index is 13.0.